The smallest absolute Gasteiger partial charge is 0.353 e. The number of carbonyl (C=O) groups is 2. The average molecular weight is 498 g/mol. The summed E-state index contributed by atoms with van der Waals surface area (Å²) in [6, 6.07) is 25.9. The molecule has 0 unspecified atom stereocenters. The lowest BCUT2D eigenvalue weighted by atomic mass is 10.0. The number of anilines is 2. The molecule has 0 radical (unpaired) electrons. The number of carbonyl (C=O) groups excluding carboxylic acids is 1. The van der Waals surface area contributed by atoms with Crippen molar-refractivity contribution in [1.82, 2.24) is 4.57 Å². The van der Waals surface area contributed by atoms with Crippen LogP contribution in [0.15, 0.2) is 97.1 Å². The van der Waals surface area contributed by atoms with Crippen molar-refractivity contribution in [3.05, 3.63) is 120 Å². The highest BCUT2D eigenvalue weighted by molar-refractivity contribution is 6.10. The monoisotopic (exact) mass is 497 g/mol. The van der Waals surface area contributed by atoms with E-state index in [0.717, 1.165) is 17.7 Å². The molecule has 5 rings (SSSR count). The van der Waals surface area contributed by atoms with E-state index >= 15 is 0 Å². The number of aromatic nitrogens is 1. The molecule has 1 aromatic heterocycles. The molecule has 0 aliphatic heterocycles. The number of nitrogens with one attached hydrogen (secondary N) is 2. The maximum Gasteiger partial charge on any atom is 0.353 e. The lowest BCUT2D eigenvalue weighted by Crippen LogP contribution is -2.20. The second-order valence-corrected chi connectivity index (χ2v) is 8.40. The van der Waals surface area contributed by atoms with Crippen LogP contribution in [0.2, 0.25) is 0 Å². The number of rotatable bonds is 6. The van der Waals surface area contributed by atoms with Gasteiger partial charge in [-0.3, -0.25) is 0 Å². The van der Waals surface area contributed by atoms with Crippen LogP contribution in [-0.4, -0.2) is 21.7 Å². The fourth-order valence-corrected chi connectivity index (χ4v) is 4.36. The first-order valence-electron chi connectivity index (χ1n) is 11.4. The molecule has 0 atom stereocenters. The van der Waals surface area contributed by atoms with Crippen molar-refractivity contribution in [1.29, 1.82) is 0 Å². The first-order valence-corrected chi connectivity index (χ1v) is 11.4. The minimum Gasteiger partial charge on any atom is -0.477 e. The van der Waals surface area contributed by atoms with E-state index in [0.29, 0.717) is 40.3 Å². The summed E-state index contributed by atoms with van der Waals surface area (Å²) in [5.41, 5.74) is 3.17. The van der Waals surface area contributed by atoms with Gasteiger partial charge in [-0.2, -0.15) is 0 Å². The molecular formula is C29H21F2N3O3. The molecule has 0 saturated heterocycles. The van der Waals surface area contributed by atoms with E-state index in [9.17, 15) is 23.5 Å². The van der Waals surface area contributed by atoms with Gasteiger partial charge in [0.1, 0.15) is 17.3 Å². The quantitative estimate of drug-likeness (QED) is 0.237. The topological polar surface area (TPSA) is 83.4 Å². The van der Waals surface area contributed by atoms with E-state index in [1.54, 1.807) is 22.8 Å². The summed E-state index contributed by atoms with van der Waals surface area (Å²) >= 11 is 0. The van der Waals surface area contributed by atoms with Gasteiger partial charge >= 0.3 is 12.0 Å². The number of halogens is 2. The third-order valence-electron chi connectivity index (χ3n) is 5.95. The fraction of sp³-hybridized carbons (Fsp3) is 0.0345. The summed E-state index contributed by atoms with van der Waals surface area (Å²) in [7, 11) is 0. The van der Waals surface area contributed by atoms with Crippen LogP contribution >= 0.6 is 0 Å². The fourth-order valence-electron chi connectivity index (χ4n) is 4.36. The Morgan fingerprint density at radius 3 is 2.19 bits per heavy atom. The standard InChI is InChI=1S/C29H21F2N3O3/c30-20-11-13-24(23(31)15-20)33-29(37)32-21-12-14-25-22(16-21)26(19-9-5-2-6-10-19)27(28(35)36)34(25)17-18-7-3-1-4-8-18/h1-16H,17H2,(H,35,36)(H2,32,33,37). The van der Waals surface area contributed by atoms with E-state index in [1.165, 1.54) is 0 Å². The Morgan fingerprint density at radius 1 is 0.811 bits per heavy atom. The largest absolute Gasteiger partial charge is 0.477 e. The van der Waals surface area contributed by atoms with Crippen LogP contribution in [0.3, 0.4) is 0 Å². The summed E-state index contributed by atoms with van der Waals surface area (Å²) in [6.07, 6.45) is 0. The summed E-state index contributed by atoms with van der Waals surface area (Å²) < 4.78 is 28.9. The van der Waals surface area contributed by atoms with Gasteiger partial charge in [-0.15, -0.1) is 0 Å². The molecule has 0 spiro atoms. The SMILES string of the molecule is O=C(Nc1ccc2c(c1)c(-c1ccccc1)c(C(=O)O)n2Cc1ccccc1)Nc1ccc(F)cc1F. The number of carboxylic acid groups (broad SMARTS) is 1. The van der Waals surface area contributed by atoms with E-state index in [-0.39, 0.29) is 11.4 Å². The molecule has 0 aliphatic carbocycles. The Balaban J connectivity index is 1.58. The van der Waals surface area contributed by atoms with Crippen molar-refractivity contribution >= 4 is 34.3 Å². The number of aromatic carboxylic acids is 1. The maximum atomic E-state index is 14.0. The van der Waals surface area contributed by atoms with Crippen LogP contribution in [0.25, 0.3) is 22.0 Å². The molecule has 3 N–H and O–H groups in total. The molecule has 0 bridgehead atoms. The Hall–Kier alpha value is -4.98. The molecule has 0 aliphatic rings. The van der Waals surface area contributed by atoms with Crippen molar-refractivity contribution in [3.63, 3.8) is 0 Å². The Morgan fingerprint density at radius 2 is 1.51 bits per heavy atom. The second-order valence-electron chi connectivity index (χ2n) is 8.40. The zero-order chi connectivity index (χ0) is 25.9. The lowest BCUT2D eigenvalue weighted by molar-refractivity contribution is 0.0687. The van der Waals surface area contributed by atoms with E-state index < -0.39 is 23.6 Å². The van der Waals surface area contributed by atoms with Gasteiger partial charge in [0.05, 0.1) is 5.69 Å². The number of hydrogen-bond acceptors (Lipinski definition) is 2. The summed E-state index contributed by atoms with van der Waals surface area (Å²) in [5.74, 6) is -2.73. The van der Waals surface area contributed by atoms with Crippen molar-refractivity contribution in [2.24, 2.45) is 0 Å². The summed E-state index contributed by atoms with van der Waals surface area (Å²) in [6.45, 7) is 0.336. The summed E-state index contributed by atoms with van der Waals surface area (Å²) in [5, 5.41) is 15.9. The maximum absolute atomic E-state index is 14.0. The molecule has 1 heterocycles. The molecule has 6 nitrogen and oxygen atoms in total. The van der Waals surface area contributed by atoms with Crippen molar-refractivity contribution in [2.45, 2.75) is 6.54 Å². The van der Waals surface area contributed by atoms with E-state index in [2.05, 4.69) is 10.6 Å². The molecule has 4 aromatic carbocycles. The number of nitrogens with zero attached hydrogens (tertiary/aromatic N) is 1. The first kappa shape index (κ1) is 23.7. The number of urea groups is 1. The minimum absolute atomic E-state index is 0.125. The van der Waals surface area contributed by atoms with Gasteiger partial charge in [0.2, 0.25) is 0 Å². The third-order valence-corrected chi connectivity index (χ3v) is 5.95. The molecule has 37 heavy (non-hydrogen) atoms. The highest BCUT2D eigenvalue weighted by Crippen LogP contribution is 2.37. The first-order chi connectivity index (χ1) is 17.9. The molecule has 0 fully saturated rings. The zero-order valence-corrected chi connectivity index (χ0v) is 19.4. The van der Waals surface area contributed by atoms with Crippen LogP contribution in [0.5, 0.6) is 0 Å². The van der Waals surface area contributed by atoms with Gasteiger partial charge in [-0.1, -0.05) is 60.7 Å². The molecule has 8 heteroatoms. The Kier molecular flexibility index (Phi) is 6.38. The molecule has 5 aromatic rings. The van der Waals surface area contributed by atoms with Gasteiger partial charge in [0.15, 0.2) is 0 Å². The number of fused-ring (bicyclic) bond motifs is 1. The molecule has 184 valence electrons. The number of hydrogen-bond donors (Lipinski definition) is 3. The summed E-state index contributed by atoms with van der Waals surface area (Å²) in [4.78, 5) is 25.1. The van der Waals surface area contributed by atoms with E-state index in [4.69, 9.17) is 0 Å². The number of amides is 2. The highest BCUT2D eigenvalue weighted by Gasteiger charge is 2.24. The van der Waals surface area contributed by atoms with Crippen molar-refractivity contribution in [3.8, 4) is 11.1 Å². The van der Waals surface area contributed by atoms with Gasteiger partial charge in [0.25, 0.3) is 0 Å². The molecular weight excluding hydrogens is 476 g/mol. The van der Waals surface area contributed by atoms with Gasteiger partial charge in [-0.05, 0) is 41.5 Å². The van der Waals surface area contributed by atoms with Gasteiger partial charge < -0.3 is 20.3 Å². The number of benzene rings is 4. The van der Waals surface area contributed by atoms with Gasteiger partial charge in [0, 0.05) is 34.8 Å². The predicted molar refractivity (Wildman–Crippen MR) is 139 cm³/mol. The molecule has 2 amide bonds. The van der Waals surface area contributed by atoms with Gasteiger partial charge in [-0.25, -0.2) is 18.4 Å². The Bertz CT molecular complexity index is 1620. The van der Waals surface area contributed by atoms with Crippen molar-refractivity contribution < 1.29 is 23.5 Å². The van der Waals surface area contributed by atoms with E-state index in [1.807, 2.05) is 60.7 Å². The minimum atomic E-state index is -1.08. The normalized spacial score (nSPS) is 10.9. The van der Waals surface area contributed by atoms with Crippen molar-refractivity contribution in [2.75, 3.05) is 10.6 Å². The second kappa shape index (κ2) is 9.94. The van der Waals surface area contributed by atoms with Crippen LogP contribution < -0.4 is 10.6 Å². The van der Waals surface area contributed by atoms with Crippen LogP contribution in [0.1, 0.15) is 16.1 Å². The predicted octanol–water partition coefficient (Wildman–Crippen LogP) is 6.98. The molecule has 0 saturated carbocycles. The lowest BCUT2D eigenvalue weighted by Gasteiger charge is -2.10. The third kappa shape index (κ3) is 4.90. The Labute approximate surface area is 210 Å². The average Bonchev–Trinajstić information content (AvgIpc) is 3.20. The van der Waals surface area contributed by atoms with Crippen LogP contribution in [0.4, 0.5) is 25.0 Å². The van der Waals surface area contributed by atoms with Crippen LogP contribution in [0, 0.1) is 11.6 Å². The zero-order valence-electron chi connectivity index (χ0n) is 19.4. The number of carboxylic acids is 1. The van der Waals surface area contributed by atoms with Crippen LogP contribution in [-0.2, 0) is 6.54 Å². The highest BCUT2D eigenvalue weighted by atomic mass is 19.1.